The smallest absolute Gasteiger partial charge is 0.166 e. The molecule has 0 unspecified atom stereocenters. The van der Waals surface area contributed by atoms with E-state index in [1.807, 2.05) is 6.07 Å². The molecule has 1 aromatic rings. The molecule has 0 aromatic heterocycles. The molecule has 0 N–H and O–H groups in total. The van der Waals surface area contributed by atoms with Gasteiger partial charge in [-0.25, -0.2) is 0 Å². The van der Waals surface area contributed by atoms with Crippen molar-refractivity contribution < 1.29 is 9.47 Å². The Morgan fingerprint density at radius 1 is 1.38 bits per heavy atom. The SMILES string of the molecule is COc1ccc2c3c1O[C@H]1C=C(C)C=C[C@@]31CCN(C)C2. The normalized spacial score (nSPS) is 30.0. The molecule has 110 valence electrons. The second-order valence-corrected chi connectivity index (χ2v) is 6.44. The minimum Gasteiger partial charge on any atom is -0.493 e. The van der Waals surface area contributed by atoms with Crippen LogP contribution in [-0.4, -0.2) is 31.7 Å². The fraction of sp³-hybridized carbons (Fsp3) is 0.444. The largest absolute Gasteiger partial charge is 0.493 e. The predicted octanol–water partition coefficient (Wildman–Crippen LogP) is 3.05. The van der Waals surface area contributed by atoms with E-state index in [0.29, 0.717) is 0 Å². The van der Waals surface area contributed by atoms with Crippen molar-refractivity contribution in [3.63, 3.8) is 0 Å². The summed E-state index contributed by atoms with van der Waals surface area (Å²) in [6, 6.07) is 4.24. The van der Waals surface area contributed by atoms with Gasteiger partial charge < -0.3 is 14.4 Å². The number of methoxy groups -OCH3 is 1. The topological polar surface area (TPSA) is 21.7 Å². The van der Waals surface area contributed by atoms with Gasteiger partial charge in [0.2, 0.25) is 0 Å². The number of ether oxygens (including phenoxy) is 2. The van der Waals surface area contributed by atoms with Crippen molar-refractivity contribution >= 4 is 0 Å². The van der Waals surface area contributed by atoms with Gasteiger partial charge in [-0.15, -0.1) is 0 Å². The van der Waals surface area contributed by atoms with Gasteiger partial charge in [-0.1, -0.05) is 23.8 Å². The molecule has 2 heterocycles. The Balaban J connectivity index is 1.98. The van der Waals surface area contributed by atoms with Crippen molar-refractivity contribution in [1.29, 1.82) is 0 Å². The Hall–Kier alpha value is -1.74. The van der Waals surface area contributed by atoms with Crippen LogP contribution in [0.5, 0.6) is 11.5 Å². The van der Waals surface area contributed by atoms with Gasteiger partial charge in [-0.3, -0.25) is 0 Å². The second-order valence-electron chi connectivity index (χ2n) is 6.44. The lowest BCUT2D eigenvalue weighted by Crippen LogP contribution is -2.38. The molecular formula is C18H21NO2. The third-order valence-corrected chi connectivity index (χ3v) is 5.05. The van der Waals surface area contributed by atoms with E-state index in [2.05, 4.69) is 43.2 Å². The lowest BCUT2D eigenvalue weighted by Gasteiger charge is -2.32. The molecule has 0 bridgehead atoms. The van der Waals surface area contributed by atoms with Gasteiger partial charge >= 0.3 is 0 Å². The van der Waals surface area contributed by atoms with Crippen LogP contribution in [0.3, 0.4) is 0 Å². The highest BCUT2D eigenvalue weighted by molar-refractivity contribution is 5.62. The van der Waals surface area contributed by atoms with E-state index in [0.717, 1.165) is 31.0 Å². The maximum Gasteiger partial charge on any atom is 0.166 e. The Kier molecular flexibility index (Phi) is 2.70. The van der Waals surface area contributed by atoms with E-state index < -0.39 is 0 Å². The Morgan fingerprint density at radius 3 is 3.05 bits per heavy atom. The molecule has 3 nitrogen and oxygen atoms in total. The predicted molar refractivity (Wildman–Crippen MR) is 82.9 cm³/mol. The molecule has 1 spiro atoms. The summed E-state index contributed by atoms with van der Waals surface area (Å²) in [4.78, 5) is 2.39. The Labute approximate surface area is 125 Å². The van der Waals surface area contributed by atoms with Crippen molar-refractivity contribution in [2.45, 2.75) is 31.4 Å². The highest BCUT2D eigenvalue weighted by atomic mass is 16.5. The summed E-state index contributed by atoms with van der Waals surface area (Å²) in [7, 11) is 3.91. The Bertz CT molecular complexity index is 661. The zero-order chi connectivity index (χ0) is 14.6. The molecule has 3 aliphatic rings. The first kappa shape index (κ1) is 13.0. The lowest BCUT2D eigenvalue weighted by molar-refractivity contribution is 0.192. The third kappa shape index (κ3) is 1.70. The summed E-state index contributed by atoms with van der Waals surface area (Å²) in [5.41, 5.74) is 3.96. The van der Waals surface area contributed by atoms with Crippen LogP contribution in [0.15, 0.2) is 35.9 Å². The summed E-state index contributed by atoms with van der Waals surface area (Å²) < 4.78 is 11.9. The van der Waals surface area contributed by atoms with Gasteiger partial charge in [-0.05, 0) is 44.6 Å². The summed E-state index contributed by atoms with van der Waals surface area (Å²) in [6.07, 6.45) is 8.04. The number of allylic oxidation sites excluding steroid dienone is 2. The maximum atomic E-state index is 6.34. The van der Waals surface area contributed by atoms with E-state index in [9.17, 15) is 0 Å². The number of hydrogen-bond acceptors (Lipinski definition) is 3. The van der Waals surface area contributed by atoms with Crippen molar-refractivity contribution in [3.8, 4) is 11.5 Å². The zero-order valence-electron chi connectivity index (χ0n) is 12.8. The minimum absolute atomic E-state index is 0.0243. The van der Waals surface area contributed by atoms with Gasteiger partial charge in [0.1, 0.15) is 6.10 Å². The molecule has 4 rings (SSSR count). The fourth-order valence-electron chi connectivity index (χ4n) is 3.93. The summed E-state index contributed by atoms with van der Waals surface area (Å²) in [6.45, 7) is 4.19. The van der Waals surface area contributed by atoms with Gasteiger partial charge in [-0.2, -0.15) is 0 Å². The molecule has 1 aromatic carbocycles. The molecule has 2 aliphatic heterocycles. The monoisotopic (exact) mass is 283 g/mol. The van der Waals surface area contributed by atoms with Crippen LogP contribution in [0.2, 0.25) is 0 Å². The molecule has 0 radical (unpaired) electrons. The van der Waals surface area contributed by atoms with Gasteiger partial charge in [0.05, 0.1) is 12.5 Å². The van der Waals surface area contributed by atoms with Crippen molar-refractivity contribution in [1.82, 2.24) is 4.90 Å². The number of hydrogen-bond donors (Lipinski definition) is 0. The van der Waals surface area contributed by atoms with Crippen LogP contribution >= 0.6 is 0 Å². The standard InChI is InChI=1S/C18H21NO2/c1-12-6-7-18-8-9-19(2)11-13-4-5-14(20-3)17(16(13)18)21-15(18)10-12/h4-7,10,15H,8-9,11H2,1-3H3/t15-,18-/m0/s1. The first-order chi connectivity index (χ1) is 10.1. The molecule has 0 saturated heterocycles. The van der Waals surface area contributed by atoms with E-state index in [1.165, 1.54) is 16.7 Å². The average molecular weight is 283 g/mol. The van der Waals surface area contributed by atoms with Crippen LogP contribution in [0.1, 0.15) is 24.5 Å². The van der Waals surface area contributed by atoms with Crippen molar-refractivity contribution in [2.24, 2.45) is 0 Å². The summed E-state index contributed by atoms with van der Waals surface area (Å²) in [5.74, 6) is 1.80. The first-order valence-corrected chi connectivity index (χ1v) is 7.57. The van der Waals surface area contributed by atoms with Crippen LogP contribution < -0.4 is 9.47 Å². The van der Waals surface area contributed by atoms with Crippen LogP contribution in [0.25, 0.3) is 0 Å². The first-order valence-electron chi connectivity index (χ1n) is 7.57. The van der Waals surface area contributed by atoms with E-state index in [-0.39, 0.29) is 11.5 Å². The highest BCUT2D eigenvalue weighted by Crippen LogP contribution is 2.55. The van der Waals surface area contributed by atoms with Gasteiger partial charge in [0.25, 0.3) is 0 Å². The minimum atomic E-state index is -0.0243. The highest BCUT2D eigenvalue weighted by Gasteiger charge is 2.50. The molecule has 1 aliphatic carbocycles. The molecule has 2 atom stereocenters. The quantitative estimate of drug-likeness (QED) is 0.790. The number of benzene rings is 1. The van der Waals surface area contributed by atoms with Crippen molar-refractivity contribution in [3.05, 3.63) is 47.1 Å². The second kappa shape index (κ2) is 4.38. The van der Waals surface area contributed by atoms with E-state index >= 15 is 0 Å². The molecule has 21 heavy (non-hydrogen) atoms. The van der Waals surface area contributed by atoms with Crippen LogP contribution in [0, 0.1) is 0 Å². The van der Waals surface area contributed by atoms with Gasteiger partial charge in [0, 0.05) is 12.1 Å². The molecule has 0 fully saturated rings. The molecule has 3 heteroatoms. The van der Waals surface area contributed by atoms with E-state index in [4.69, 9.17) is 9.47 Å². The Morgan fingerprint density at radius 2 is 2.24 bits per heavy atom. The van der Waals surface area contributed by atoms with Crippen molar-refractivity contribution in [2.75, 3.05) is 20.7 Å². The average Bonchev–Trinajstić information content (AvgIpc) is 2.72. The number of rotatable bonds is 1. The fourth-order valence-corrected chi connectivity index (χ4v) is 3.93. The van der Waals surface area contributed by atoms with E-state index in [1.54, 1.807) is 7.11 Å². The molecule has 0 amide bonds. The molecule has 0 saturated carbocycles. The third-order valence-electron chi connectivity index (χ3n) is 5.05. The zero-order valence-corrected chi connectivity index (χ0v) is 12.8. The maximum absolute atomic E-state index is 6.34. The molecular weight excluding hydrogens is 262 g/mol. The van der Waals surface area contributed by atoms with Crippen LogP contribution in [0.4, 0.5) is 0 Å². The summed E-state index contributed by atoms with van der Waals surface area (Å²) >= 11 is 0. The summed E-state index contributed by atoms with van der Waals surface area (Å²) in [5, 5.41) is 0. The lowest BCUT2D eigenvalue weighted by atomic mass is 9.70. The number of nitrogens with zero attached hydrogens (tertiary/aromatic N) is 1. The van der Waals surface area contributed by atoms with Crippen LogP contribution in [-0.2, 0) is 12.0 Å². The van der Waals surface area contributed by atoms with Gasteiger partial charge in [0.15, 0.2) is 11.5 Å².